The van der Waals surface area contributed by atoms with E-state index in [4.69, 9.17) is 14.9 Å². The van der Waals surface area contributed by atoms with E-state index in [0.29, 0.717) is 11.6 Å². The zero-order valence-corrected chi connectivity index (χ0v) is 20.5. The van der Waals surface area contributed by atoms with E-state index in [2.05, 4.69) is 24.3 Å². The highest BCUT2D eigenvalue weighted by atomic mass is 16.5. The summed E-state index contributed by atoms with van der Waals surface area (Å²) in [5.74, 6) is 2.10. The van der Waals surface area contributed by atoms with Crippen molar-refractivity contribution in [2.45, 2.75) is 13.5 Å². The zero-order chi connectivity index (χ0) is 24.5. The second kappa shape index (κ2) is 9.38. The van der Waals surface area contributed by atoms with Crippen molar-refractivity contribution in [3.63, 3.8) is 0 Å². The van der Waals surface area contributed by atoms with Crippen LogP contribution in [0.5, 0.6) is 5.75 Å². The van der Waals surface area contributed by atoms with Gasteiger partial charge < -0.3 is 15.0 Å². The van der Waals surface area contributed by atoms with Crippen LogP contribution in [0.25, 0.3) is 28.2 Å². The van der Waals surface area contributed by atoms with Gasteiger partial charge in [0.15, 0.2) is 0 Å². The topological polar surface area (TPSA) is 77.2 Å². The molecule has 3 heterocycles. The van der Waals surface area contributed by atoms with Gasteiger partial charge in [0, 0.05) is 37.2 Å². The van der Waals surface area contributed by atoms with Gasteiger partial charge in [0.1, 0.15) is 17.3 Å². The van der Waals surface area contributed by atoms with Crippen LogP contribution in [0.3, 0.4) is 0 Å². The van der Waals surface area contributed by atoms with Crippen LogP contribution >= 0.6 is 0 Å². The van der Waals surface area contributed by atoms with E-state index >= 15 is 0 Å². The molecule has 2 aromatic heterocycles. The molecule has 1 N–H and O–H groups in total. The molecule has 0 amide bonds. The number of hydrogen-bond acceptors (Lipinski definition) is 6. The monoisotopic (exact) mass is 470 g/mol. The molecule has 0 radical (unpaired) electrons. The van der Waals surface area contributed by atoms with Gasteiger partial charge in [0.05, 0.1) is 24.1 Å². The summed E-state index contributed by atoms with van der Waals surface area (Å²) in [5.41, 5.74) is 4.87. The lowest BCUT2D eigenvalue weighted by Crippen LogP contribution is -2.35. The van der Waals surface area contributed by atoms with E-state index in [1.165, 1.54) is 4.68 Å². The third-order valence-corrected chi connectivity index (χ3v) is 6.31. The predicted octanol–water partition coefficient (Wildman–Crippen LogP) is 3.68. The van der Waals surface area contributed by atoms with Gasteiger partial charge in [0.25, 0.3) is 5.56 Å². The van der Waals surface area contributed by atoms with Crippen molar-refractivity contribution in [1.29, 1.82) is 0 Å². The Balaban J connectivity index is 1.69. The van der Waals surface area contributed by atoms with Crippen LogP contribution in [-0.4, -0.2) is 58.8 Å². The molecule has 0 aliphatic carbocycles. The van der Waals surface area contributed by atoms with Crippen LogP contribution in [0, 0.1) is 12.8 Å². The number of anilines is 1. The Morgan fingerprint density at radius 1 is 1.09 bits per heavy atom. The van der Waals surface area contributed by atoms with Crippen LogP contribution in [0.15, 0.2) is 65.5 Å². The van der Waals surface area contributed by atoms with E-state index in [1.54, 1.807) is 19.2 Å². The summed E-state index contributed by atoms with van der Waals surface area (Å²) in [4.78, 5) is 15.0. The van der Waals surface area contributed by atoms with Crippen molar-refractivity contribution in [3.8, 4) is 34.0 Å². The molecule has 1 aliphatic rings. The Bertz CT molecular complexity index is 1420. The summed E-state index contributed by atoms with van der Waals surface area (Å²) < 4.78 is 8.98. The van der Waals surface area contributed by atoms with E-state index in [9.17, 15) is 4.79 Å². The number of methoxy groups -OCH3 is 1. The van der Waals surface area contributed by atoms with E-state index in [-0.39, 0.29) is 5.56 Å². The van der Waals surface area contributed by atoms with Crippen LogP contribution < -0.4 is 15.6 Å². The first-order valence-corrected chi connectivity index (χ1v) is 11.7. The smallest absolute Gasteiger partial charge is 0.271 e. The number of nitrogens with one attached hydrogen (secondary N) is 1. The number of rotatable bonds is 6. The van der Waals surface area contributed by atoms with E-state index < -0.39 is 0 Å². The minimum atomic E-state index is -0.175. The Kier molecular flexibility index (Phi) is 6.13. The summed E-state index contributed by atoms with van der Waals surface area (Å²) >= 11 is 0. The molecule has 1 atom stereocenters. The van der Waals surface area contributed by atoms with Gasteiger partial charge in [-0.2, -0.15) is 14.9 Å². The number of nitrogens with zero attached hydrogens (tertiary/aromatic N) is 5. The Labute approximate surface area is 204 Å². The van der Waals surface area contributed by atoms with Crippen molar-refractivity contribution >= 4 is 5.82 Å². The molecule has 1 aliphatic heterocycles. The lowest BCUT2D eigenvalue weighted by molar-refractivity contribution is 0.293. The van der Waals surface area contributed by atoms with Crippen molar-refractivity contribution < 1.29 is 4.74 Å². The van der Waals surface area contributed by atoms with Gasteiger partial charge >= 0.3 is 0 Å². The number of aromatic nitrogens is 4. The molecule has 0 spiro atoms. The third kappa shape index (κ3) is 4.44. The van der Waals surface area contributed by atoms with Gasteiger partial charge in [-0.05, 0) is 50.8 Å². The first-order chi connectivity index (χ1) is 16.9. The van der Waals surface area contributed by atoms with Gasteiger partial charge in [-0.3, -0.25) is 4.79 Å². The maximum Gasteiger partial charge on any atom is 0.271 e. The standard InChI is InChI=1S/C27H30N6O2/c1-18-8-5-6-11-23(18)33-24(34)13-12-22(29-33)25-26(20-9-7-10-21(14-20)35-4)30-32-17-19(16-31(2)3)15-28-27(25)32/h5-14,19,28H,15-17H2,1-4H3. The molecule has 8 heteroatoms. The maximum atomic E-state index is 12.8. The average Bonchev–Trinajstić information content (AvgIpc) is 3.23. The molecule has 4 aromatic rings. The third-order valence-electron chi connectivity index (χ3n) is 6.31. The van der Waals surface area contributed by atoms with Crippen molar-refractivity contribution in [3.05, 3.63) is 76.6 Å². The van der Waals surface area contributed by atoms with Gasteiger partial charge in [-0.25, -0.2) is 4.68 Å². The first-order valence-electron chi connectivity index (χ1n) is 11.7. The summed E-state index contributed by atoms with van der Waals surface area (Å²) in [6.45, 7) is 4.58. The quantitative estimate of drug-likeness (QED) is 0.463. The summed E-state index contributed by atoms with van der Waals surface area (Å²) in [5, 5.41) is 13.5. The van der Waals surface area contributed by atoms with E-state index in [1.807, 2.05) is 60.1 Å². The second-order valence-corrected chi connectivity index (χ2v) is 9.25. The van der Waals surface area contributed by atoms with Gasteiger partial charge in [-0.15, -0.1) is 0 Å². The number of aryl methyl sites for hydroxylation is 1. The predicted molar refractivity (Wildman–Crippen MR) is 138 cm³/mol. The Hall–Kier alpha value is -3.91. The first kappa shape index (κ1) is 22.9. The molecule has 8 nitrogen and oxygen atoms in total. The lowest BCUT2D eigenvalue weighted by atomic mass is 10.0. The molecule has 1 unspecified atom stereocenters. The van der Waals surface area contributed by atoms with E-state index in [0.717, 1.165) is 59.3 Å². The van der Waals surface area contributed by atoms with Crippen LogP contribution in [-0.2, 0) is 6.54 Å². The van der Waals surface area contributed by atoms with Gasteiger partial charge in [0.2, 0.25) is 0 Å². The minimum Gasteiger partial charge on any atom is -0.497 e. The fourth-order valence-corrected chi connectivity index (χ4v) is 4.70. The van der Waals surface area contributed by atoms with Crippen molar-refractivity contribution in [1.82, 2.24) is 24.5 Å². The molecule has 0 bridgehead atoms. The van der Waals surface area contributed by atoms with Crippen molar-refractivity contribution in [2.24, 2.45) is 5.92 Å². The average molecular weight is 471 g/mol. The summed E-state index contributed by atoms with van der Waals surface area (Å²) in [6, 6.07) is 19.0. The van der Waals surface area contributed by atoms with Gasteiger partial charge in [-0.1, -0.05) is 30.3 Å². The molecule has 180 valence electrons. The molecule has 5 rings (SSSR count). The summed E-state index contributed by atoms with van der Waals surface area (Å²) in [6.07, 6.45) is 0. The molecule has 0 saturated carbocycles. The highest BCUT2D eigenvalue weighted by Crippen LogP contribution is 2.39. The molecule has 35 heavy (non-hydrogen) atoms. The fraction of sp³-hybridized carbons (Fsp3) is 0.296. The molecular weight excluding hydrogens is 440 g/mol. The molecular formula is C27H30N6O2. The molecule has 0 fully saturated rings. The highest BCUT2D eigenvalue weighted by Gasteiger charge is 2.28. The number of fused-ring (bicyclic) bond motifs is 1. The Morgan fingerprint density at radius 3 is 2.69 bits per heavy atom. The second-order valence-electron chi connectivity index (χ2n) is 9.25. The molecule has 0 saturated heterocycles. The number of benzene rings is 2. The zero-order valence-electron chi connectivity index (χ0n) is 20.5. The van der Waals surface area contributed by atoms with Crippen LogP contribution in [0.4, 0.5) is 5.82 Å². The summed E-state index contributed by atoms with van der Waals surface area (Å²) in [7, 11) is 5.83. The van der Waals surface area contributed by atoms with Crippen LogP contribution in [0.2, 0.25) is 0 Å². The number of hydrogen-bond donors (Lipinski definition) is 1. The Morgan fingerprint density at radius 2 is 1.91 bits per heavy atom. The number of para-hydroxylation sites is 1. The van der Waals surface area contributed by atoms with Crippen LogP contribution in [0.1, 0.15) is 5.56 Å². The lowest BCUT2D eigenvalue weighted by Gasteiger charge is -2.27. The normalized spacial score (nSPS) is 15.1. The maximum absolute atomic E-state index is 12.8. The molecule has 2 aromatic carbocycles. The minimum absolute atomic E-state index is 0.175. The highest BCUT2D eigenvalue weighted by molar-refractivity contribution is 5.88. The largest absolute Gasteiger partial charge is 0.497 e. The van der Waals surface area contributed by atoms with Crippen molar-refractivity contribution in [2.75, 3.05) is 39.6 Å². The fourth-order valence-electron chi connectivity index (χ4n) is 4.70. The number of ether oxygens (including phenoxy) is 1. The SMILES string of the molecule is COc1cccc(-c2nn3c(c2-c2ccc(=O)n(-c4ccccc4C)n2)NCC(CN(C)C)C3)c1.